The third-order valence-corrected chi connectivity index (χ3v) is 6.61. The number of hydrogen-bond acceptors (Lipinski definition) is 7. The van der Waals surface area contributed by atoms with Gasteiger partial charge in [0.2, 0.25) is 0 Å². The van der Waals surface area contributed by atoms with E-state index in [-0.39, 0.29) is 0 Å². The molecule has 3 atom stereocenters. The summed E-state index contributed by atoms with van der Waals surface area (Å²) >= 11 is 0. The molecule has 2 aromatic rings. The van der Waals surface area contributed by atoms with Crippen LogP contribution in [0.15, 0.2) is 59.0 Å². The van der Waals surface area contributed by atoms with Gasteiger partial charge in [0.05, 0.1) is 18.6 Å². The molecule has 0 radical (unpaired) electrons. The molecule has 2 aliphatic heterocycles. The van der Waals surface area contributed by atoms with Gasteiger partial charge in [-0.05, 0) is 45.3 Å². The Balaban J connectivity index is 1.67. The SMILES string of the molecule is COC(=O)C1C(C)=NC(C)=C(C(=O)OC(CN2CCCCC2)c2ccccc2)C1c1ncc[nH]1. The van der Waals surface area contributed by atoms with Gasteiger partial charge in [-0.1, -0.05) is 36.8 Å². The molecule has 3 heterocycles. The maximum Gasteiger partial charge on any atom is 0.337 e. The quantitative estimate of drug-likeness (QED) is 0.626. The number of allylic oxidation sites excluding steroid dienone is 1. The second-order valence-electron chi connectivity index (χ2n) is 8.87. The number of carbonyl (C=O) groups excluding carboxylic acids is 2. The van der Waals surface area contributed by atoms with Crippen molar-refractivity contribution in [2.24, 2.45) is 10.9 Å². The lowest BCUT2D eigenvalue weighted by Gasteiger charge is -2.33. The van der Waals surface area contributed by atoms with E-state index in [0.717, 1.165) is 31.5 Å². The molecule has 1 saturated heterocycles. The van der Waals surface area contributed by atoms with Crippen LogP contribution in [0.5, 0.6) is 0 Å². The topological polar surface area (TPSA) is 96.9 Å². The summed E-state index contributed by atoms with van der Waals surface area (Å²) in [4.78, 5) is 40.8. The van der Waals surface area contributed by atoms with Gasteiger partial charge in [0, 0.05) is 30.3 Å². The van der Waals surface area contributed by atoms with Gasteiger partial charge in [-0.15, -0.1) is 0 Å². The lowest BCUT2D eigenvalue weighted by molar-refractivity contribution is -0.147. The van der Waals surface area contributed by atoms with E-state index in [4.69, 9.17) is 9.47 Å². The highest BCUT2D eigenvalue weighted by Gasteiger charge is 2.44. The van der Waals surface area contributed by atoms with Crippen molar-refractivity contribution in [3.63, 3.8) is 0 Å². The van der Waals surface area contributed by atoms with Crippen molar-refractivity contribution in [3.05, 3.63) is 65.4 Å². The Kier molecular flexibility index (Phi) is 7.57. The fourth-order valence-electron chi connectivity index (χ4n) is 4.93. The molecule has 1 fully saturated rings. The van der Waals surface area contributed by atoms with Gasteiger partial charge in [0.1, 0.15) is 17.8 Å². The molecule has 8 nitrogen and oxygen atoms in total. The van der Waals surface area contributed by atoms with Gasteiger partial charge in [0.25, 0.3) is 0 Å². The molecule has 2 aliphatic rings. The van der Waals surface area contributed by atoms with Crippen molar-refractivity contribution in [2.45, 2.75) is 45.1 Å². The summed E-state index contributed by atoms with van der Waals surface area (Å²) in [5, 5.41) is 0. The maximum atomic E-state index is 13.7. The van der Waals surface area contributed by atoms with Crippen LogP contribution >= 0.6 is 0 Å². The molecular weight excluding hydrogens is 432 g/mol. The zero-order valence-corrected chi connectivity index (χ0v) is 20.0. The number of aromatic amines is 1. The number of likely N-dealkylation sites (tertiary alicyclic amines) is 1. The van der Waals surface area contributed by atoms with Crippen LogP contribution in [-0.2, 0) is 19.1 Å². The molecule has 4 rings (SSSR count). The third-order valence-electron chi connectivity index (χ3n) is 6.61. The number of rotatable bonds is 7. The van der Waals surface area contributed by atoms with Crippen LogP contribution in [0.2, 0.25) is 0 Å². The van der Waals surface area contributed by atoms with Crippen molar-refractivity contribution in [1.29, 1.82) is 0 Å². The molecule has 3 unspecified atom stereocenters. The van der Waals surface area contributed by atoms with Crippen LogP contribution in [0, 0.1) is 5.92 Å². The number of aliphatic imine (C=N–C) groups is 1. The number of methoxy groups -OCH3 is 1. The molecule has 0 aliphatic carbocycles. The Hall–Kier alpha value is -3.26. The van der Waals surface area contributed by atoms with Gasteiger partial charge in [0.15, 0.2) is 0 Å². The minimum atomic E-state index is -0.764. The van der Waals surface area contributed by atoms with Gasteiger partial charge in [-0.3, -0.25) is 14.7 Å². The van der Waals surface area contributed by atoms with Crippen molar-refractivity contribution in [2.75, 3.05) is 26.7 Å². The van der Waals surface area contributed by atoms with Crippen LogP contribution in [-0.4, -0.2) is 59.3 Å². The normalized spacial score (nSPS) is 22.1. The van der Waals surface area contributed by atoms with E-state index in [1.54, 1.807) is 26.2 Å². The summed E-state index contributed by atoms with van der Waals surface area (Å²) in [6.45, 7) is 6.14. The molecule has 0 spiro atoms. The number of carbonyl (C=O) groups is 2. The van der Waals surface area contributed by atoms with Crippen molar-refractivity contribution in [1.82, 2.24) is 14.9 Å². The van der Waals surface area contributed by atoms with Crippen molar-refractivity contribution >= 4 is 17.7 Å². The predicted molar refractivity (Wildman–Crippen MR) is 128 cm³/mol. The monoisotopic (exact) mass is 464 g/mol. The number of hydrogen-bond donors (Lipinski definition) is 1. The van der Waals surface area contributed by atoms with E-state index < -0.39 is 29.9 Å². The first-order chi connectivity index (χ1) is 16.5. The van der Waals surface area contributed by atoms with Crippen molar-refractivity contribution < 1.29 is 19.1 Å². The van der Waals surface area contributed by atoms with E-state index in [9.17, 15) is 9.59 Å². The molecule has 0 amide bonds. The number of esters is 2. The smallest absolute Gasteiger partial charge is 0.337 e. The summed E-state index contributed by atoms with van der Waals surface area (Å²) in [6, 6.07) is 9.80. The number of nitrogens with zero attached hydrogens (tertiary/aromatic N) is 3. The highest BCUT2D eigenvalue weighted by atomic mass is 16.5. The van der Waals surface area contributed by atoms with E-state index in [2.05, 4.69) is 19.9 Å². The number of aromatic nitrogens is 2. The summed E-state index contributed by atoms with van der Waals surface area (Å²) in [5.41, 5.74) is 2.37. The standard InChI is InChI=1S/C26H32N4O4/c1-17-21(25(31)33-3)23(24-27-12-13-28-24)22(18(2)29-17)26(32)34-20(19-10-6-4-7-11-19)16-30-14-8-5-9-15-30/h4,6-7,10-13,20-21,23H,5,8-9,14-16H2,1-3H3,(H,27,28). The molecule has 1 aromatic carbocycles. The maximum absolute atomic E-state index is 13.7. The summed E-state index contributed by atoms with van der Waals surface area (Å²) in [7, 11) is 1.34. The van der Waals surface area contributed by atoms with Crippen molar-refractivity contribution in [3.8, 4) is 0 Å². The second-order valence-corrected chi connectivity index (χ2v) is 8.87. The molecule has 34 heavy (non-hydrogen) atoms. The van der Waals surface area contributed by atoms with Crippen LogP contribution in [0.4, 0.5) is 0 Å². The minimum Gasteiger partial charge on any atom is -0.468 e. The van der Waals surface area contributed by atoms with Gasteiger partial charge >= 0.3 is 11.9 Å². The van der Waals surface area contributed by atoms with E-state index >= 15 is 0 Å². The van der Waals surface area contributed by atoms with E-state index in [1.165, 1.54) is 13.5 Å². The zero-order chi connectivity index (χ0) is 24.1. The average molecular weight is 465 g/mol. The Bertz CT molecular complexity index is 1060. The summed E-state index contributed by atoms with van der Waals surface area (Å²) in [6.07, 6.45) is 6.37. The first-order valence-electron chi connectivity index (χ1n) is 11.8. The van der Waals surface area contributed by atoms with E-state index in [1.807, 2.05) is 30.3 Å². The second kappa shape index (κ2) is 10.8. The Morgan fingerprint density at radius 3 is 2.53 bits per heavy atom. The number of imidazole rings is 1. The van der Waals surface area contributed by atoms with Gasteiger partial charge < -0.3 is 14.5 Å². The fourth-order valence-corrected chi connectivity index (χ4v) is 4.93. The van der Waals surface area contributed by atoms with Crippen LogP contribution in [0.3, 0.4) is 0 Å². The first-order valence-corrected chi connectivity index (χ1v) is 11.8. The lowest BCUT2D eigenvalue weighted by atomic mass is 9.79. The Morgan fingerprint density at radius 2 is 1.88 bits per heavy atom. The largest absolute Gasteiger partial charge is 0.468 e. The Morgan fingerprint density at radius 1 is 1.15 bits per heavy atom. The van der Waals surface area contributed by atoms with Crippen LogP contribution in [0.25, 0.3) is 0 Å². The molecule has 0 bridgehead atoms. The highest BCUT2D eigenvalue weighted by Crippen LogP contribution is 2.39. The molecular formula is C26H32N4O4. The highest BCUT2D eigenvalue weighted by molar-refractivity contribution is 6.06. The van der Waals surface area contributed by atoms with Crippen LogP contribution < -0.4 is 0 Å². The van der Waals surface area contributed by atoms with Gasteiger partial charge in [-0.2, -0.15) is 0 Å². The predicted octanol–water partition coefficient (Wildman–Crippen LogP) is 3.80. The number of nitrogens with one attached hydrogen (secondary N) is 1. The van der Waals surface area contributed by atoms with Gasteiger partial charge in [-0.25, -0.2) is 9.78 Å². The third kappa shape index (κ3) is 5.12. The molecule has 180 valence electrons. The minimum absolute atomic E-state index is 0.329. The Labute approximate surface area is 200 Å². The van der Waals surface area contributed by atoms with Crippen LogP contribution in [0.1, 0.15) is 56.5 Å². The molecule has 1 N–H and O–H groups in total. The first kappa shape index (κ1) is 23.9. The average Bonchev–Trinajstić information content (AvgIpc) is 3.38. The number of H-pyrrole nitrogens is 1. The lowest BCUT2D eigenvalue weighted by Crippen LogP contribution is -2.38. The fraction of sp³-hybridized carbons (Fsp3) is 0.462. The summed E-state index contributed by atoms with van der Waals surface area (Å²) in [5.74, 6) is -1.88. The molecule has 0 saturated carbocycles. The van der Waals surface area contributed by atoms with E-state index in [0.29, 0.717) is 29.4 Å². The number of piperidine rings is 1. The molecule has 8 heteroatoms. The molecule has 1 aromatic heterocycles. The zero-order valence-electron chi connectivity index (χ0n) is 20.0. The number of ether oxygens (including phenoxy) is 2. The summed E-state index contributed by atoms with van der Waals surface area (Å²) < 4.78 is 11.2. The number of benzene rings is 1.